The number of carbonyl (C=O) groups excluding carboxylic acids is 2. The molecule has 0 spiro atoms. The third-order valence-electron chi connectivity index (χ3n) is 2.44. The highest BCUT2D eigenvalue weighted by atomic mass is 16.5. The molecule has 98 valence electrons. The van der Waals surface area contributed by atoms with Crippen LogP contribution in [0.2, 0.25) is 0 Å². The number of methoxy groups -OCH3 is 1. The number of ether oxygens (including phenoxy) is 1. The van der Waals surface area contributed by atoms with Gasteiger partial charge in [-0.2, -0.15) is 0 Å². The van der Waals surface area contributed by atoms with Crippen molar-refractivity contribution >= 4 is 11.9 Å². The molecule has 0 saturated carbocycles. The van der Waals surface area contributed by atoms with E-state index in [0.29, 0.717) is 11.3 Å². The van der Waals surface area contributed by atoms with Gasteiger partial charge in [0.2, 0.25) is 0 Å². The average Bonchev–Trinajstić information content (AvgIpc) is 2.34. The van der Waals surface area contributed by atoms with Crippen LogP contribution in [0.1, 0.15) is 21.7 Å². The van der Waals surface area contributed by atoms with Gasteiger partial charge in [-0.3, -0.25) is 9.78 Å². The number of carbonyl (C=O) groups is 2. The molecule has 0 aromatic carbocycles. The Hall–Kier alpha value is -1.95. The average molecular weight is 252 g/mol. The summed E-state index contributed by atoms with van der Waals surface area (Å²) in [5, 5.41) is 11.4. The largest absolute Gasteiger partial charge is 0.467 e. The molecule has 0 saturated heterocycles. The Balaban J connectivity index is 2.84. The molecule has 0 aliphatic carbocycles. The van der Waals surface area contributed by atoms with Gasteiger partial charge in [-0.05, 0) is 26.0 Å². The van der Waals surface area contributed by atoms with Gasteiger partial charge >= 0.3 is 5.97 Å². The summed E-state index contributed by atoms with van der Waals surface area (Å²) in [5.41, 5.74) is 1.73. The molecule has 0 bridgehead atoms. The van der Waals surface area contributed by atoms with Crippen LogP contribution >= 0.6 is 0 Å². The lowest BCUT2D eigenvalue weighted by molar-refractivity contribution is -0.143. The molecule has 0 aliphatic rings. The Labute approximate surface area is 105 Å². The van der Waals surface area contributed by atoms with Crippen molar-refractivity contribution in [2.24, 2.45) is 0 Å². The Morgan fingerprint density at radius 3 is 2.61 bits per heavy atom. The van der Waals surface area contributed by atoms with Crippen molar-refractivity contribution < 1.29 is 19.4 Å². The summed E-state index contributed by atoms with van der Waals surface area (Å²) in [5.74, 6) is -1.16. The standard InChI is InChI=1S/C12H16N2O4/c1-7-4-5-9(8(2)13-7)11(16)14-10(6-15)12(17)18-3/h4-5,10,15H,6H2,1-3H3,(H,14,16). The van der Waals surface area contributed by atoms with Crippen LogP contribution in [0.15, 0.2) is 12.1 Å². The van der Waals surface area contributed by atoms with Gasteiger partial charge < -0.3 is 15.2 Å². The second kappa shape index (κ2) is 6.11. The van der Waals surface area contributed by atoms with Gasteiger partial charge in [0.15, 0.2) is 6.04 Å². The number of aliphatic hydroxyl groups is 1. The van der Waals surface area contributed by atoms with Crippen LogP contribution in [0, 0.1) is 13.8 Å². The van der Waals surface area contributed by atoms with E-state index in [9.17, 15) is 9.59 Å². The summed E-state index contributed by atoms with van der Waals surface area (Å²) in [6.07, 6.45) is 0. The van der Waals surface area contributed by atoms with Crippen LogP contribution in [-0.2, 0) is 9.53 Å². The first-order valence-corrected chi connectivity index (χ1v) is 5.43. The van der Waals surface area contributed by atoms with Crippen molar-refractivity contribution in [2.75, 3.05) is 13.7 Å². The van der Waals surface area contributed by atoms with Crippen LogP contribution < -0.4 is 5.32 Å². The van der Waals surface area contributed by atoms with E-state index < -0.39 is 24.5 Å². The molecule has 1 aromatic rings. The van der Waals surface area contributed by atoms with Crippen LogP contribution in [0.3, 0.4) is 0 Å². The van der Waals surface area contributed by atoms with Crippen molar-refractivity contribution in [1.82, 2.24) is 10.3 Å². The first-order valence-electron chi connectivity index (χ1n) is 5.43. The summed E-state index contributed by atoms with van der Waals surface area (Å²) < 4.78 is 4.46. The van der Waals surface area contributed by atoms with Gasteiger partial charge in [0.25, 0.3) is 5.91 Å². The number of nitrogens with one attached hydrogen (secondary N) is 1. The molecule has 1 amide bonds. The molecule has 0 aliphatic heterocycles. The number of hydrogen-bond donors (Lipinski definition) is 2. The van der Waals surface area contributed by atoms with Gasteiger partial charge in [-0.25, -0.2) is 4.79 Å². The van der Waals surface area contributed by atoms with Crippen molar-refractivity contribution in [3.63, 3.8) is 0 Å². The van der Waals surface area contributed by atoms with E-state index in [4.69, 9.17) is 5.11 Å². The number of esters is 1. The molecule has 2 N–H and O–H groups in total. The molecule has 1 heterocycles. The van der Waals surface area contributed by atoms with Crippen LogP contribution in [0.25, 0.3) is 0 Å². The normalized spacial score (nSPS) is 11.8. The summed E-state index contributed by atoms with van der Waals surface area (Å²) >= 11 is 0. The molecular weight excluding hydrogens is 236 g/mol. The minimum Gasteiger partial charge on any atom is -0.467 e. The zero-order valence-electron chi connectivity index (χ0n) is 10.6. The van der Waals surface area contributed by atoms with Crippen molar-refractivity contribution in [3.8, 4) is 0 Å². The van der Waals surface area contributed by atoms with E-state index >= 15 is 0 Å². The second-order valence-corrected chi connectivity index (χ2v) is 3.82. The molecule has 1 atom stereocenters. The van der Waals surface area contributed by atoms with Crippen molar-refractivity contribution in [2.45, 2.75) is 19.9 Å². The molecule has 1 aromatic heterocycles. The highest BCUT2D eigenvalue weighted by molar-refractivity contribution is 5.97. The number of rotatable bonds is 4. The van der Waals surface area contributed by atoms with E-state index in [1.165, 1.54) is 7.11 Å². The molecule has 1 rings (SSSR count). The predicted molar refractivity (Wildman–Crippen MR) is 64.1 cm³/mol. The van der Waals surface area contributed by atoms with Crippen LogP contribution in [-0.4, -0.2) is 41.7 Å². The highest BCUT2D eigenvalue weighted by Gasteiger charge is 2.22. The Morgan fingerprint density at radius 2 is 2.11 bits per heavy atom. The maximum atomic E-state index is 11.9. The molecule has 6 heteroatoms. The number of aliphatic hydroxyl groups excluding tert-OH is 1. The number of nitrogens with zero attached hydrogens (tertiary/aromatic N) is 1. The summed E-state index contributed by atoms with van der Waals surface area (Å²) in [6.45, 7) is 3.00. The minimum atomic E-state index is -1.07. The zero-order chi connectivity index (χ0) is 13.7. The Morgan fingerprint density at radius 1 is 1.44 bits per heavy atom. The van der Waals surface area contributed by atoms with E-state index in [0.717, 1.165) is 5.69 Å². The molecule has 0 fully saturated rings. The second-order valence-electron chi connectivity index (χ2n) is 3.82. The lowest BCUT2D eigenvalue weighted by Gasteiger charge is -2.14. The number of amides is 1. The fraction of sp³-hybridized carbons (Fsp3) is 0.417. The lowest BCUT2D eigenvalue weighted by Crippen LogP contribution is -2.44. The fourth-order valence-corrected chi connectivity index (χ4v) is 1.48. The molecule has 6 nitrogen and oxygen atoms in total. The highest BCUT2D eigenvalue weighted by Crippen LogP contribution is 2.06. The molecular formula is C12H16N2O4. The van der Waals surface area contributed by atoms with Gasteiger partial charge in [-0.1, -0.05) is 0 Å². The maximum Gasteiger partial charge on any atom is 0.330 e. The Bertz CT molecular complexity index is 459. The van der Waals surface area contributed by atoms with Gasteiger partial charge in [0.05, 0.1) is 25.0 Å². The summed E-state index contributed by atoms with van der Waals surface area (Å²) in [4.78, 5) is 27.3. The minimum absolute atomic E-state index is 0.364. The maximum absolute atomic E-state index is 11.9. The summed E-state index contributed by atoms with van der Waals surface area (Å²) in [6, 6.07) is 2.26. The van der Waals surface area contributed by atoms with E-state index in [1.54, 1.807) is 19.1 Å². The summed E-state index contributed by atoms with van der Waals surface area (Å²) in [7, 11) is 1.19. The van der Waals surface area contributed by atoms with E-state index in [2.05, 4.69) is 15.0 Å². The monoisotopic (exact) mass is 252 g/mol. The first kappa shape index (κ1) is 14.1. The molecule has 18 heavy (non-hydrogen) atoms. The molecule has 0 radical (unpaired) electrons. The number of pyridine rings is 1. The third kappa shape index (κ3) is 3.27. The van der Waals surface area contributed by atoms with Crippen molar-refractivity contribution in [1.29, 1.82) is 0 Å². The topological polar surface area (TPSA) is 88.5 Å². The number of hydrogen-bond acceptors (Lipinski definition) is 5. The fourth-order valence-electron chi connectivity index (χ4n) is 1.48. The van der Waals surface area contributed by atoms with Crippen molar-refractivity contribution in [3.05, 3.63) is 29.1 Å². The Kier molecular flexibility index (Phi) is 4.79. The van der Waals surface area contributed by atoms with Gasteiger partial charge in [0.1, 0.15) is 0 Å². The molecule has 1 unspecified atom stereocenters. The quantitative estimate of drug-likeness (QED) is 0.734. The smallest absolute Gasteiger partial charge is 0.330 e. The van der Waals surface area contributed by atoms with Gasteiger partial charge in [0, 0.05) is 5.69 Å². The zero-order valence-corrected chi connectivity index (χ0v) is 10.6. The lowest BCUT2D eigenvalue weighted by atomic mass is 10.1. The SMILES string of the molecule is COC(=O)C(CO)NC(=O)c1ccc(C)nc1C. The van der Waals surface area contributed by atoms with Crippen LogP contribution in [0.4, 0.5) is 0 Å². The predicted octanol–water partition coefficient (Wildman–Crippen LogP) is -0.0379. The third-order valence-corrected chi connectivity index (χ3v) is 2.44. The van der Waals surface area contributed by atoms with E-state index in [-0.39, 0.29) is 0 Å². The van der Waals surface area contributed by atoms with Crippen LogP contribution in [0.5, 0.6) is 0 Å². The first-order chi connectivity index (χ1) is 8.49. The number of aromatic nitrogens is 1. The van der Waals surface area contributed by atoms with E-state index in [1.807, 2.05) is 6.92 Å². The van der Waals surface area contributed by atoms with Gasteiger partial charge in [-0.15, -0.1) is 0 Å². The number of aryl methyl sites for hydroxylation is 2.